The smallest absolute Gasteiger partial charge is 0.250 e. The van der Waals surface area contributed by atoms with Crippen molar-refractivity contribution in [2.75, 3.05) is 19.3 Å². The lowest BCUT2D eigenvalue weighted by Crippen LogP contribution is -2.41. The number of likely N-dealkylation sites (N-methyl/N-ethyl adjacent to an activating group) is 1. The van der Waals surface area contributed by atoms with Gasteiger partial charge in [0, 0.05) is 37.1 Å². The highest BCUT2D eigenvalue weighted by atomic mass is 16.1. The Bertz CT molecular complexity index is 445. The summed E-state index contributed by atoms with van der Waals surface area (Å²) in [6, 6.07) is 3.61. The molecule has 18 heavy (non-hydrogen) atoms. The molecule has 2 N–H and O–H groups in total. The Morgan fingerprint density at radius 3 is 2.56 bits per heavy atom. The fourth-order valence-corrected chi connectivity index (χ4v) is 1.84. The minimum absolute atomic E-state index is 0.000937. The standard InChI is InChI=1S/C14H25N3O/c1-11(14(2,3)4)16(5)8-9-17-10-12(15)6-7-13(17)18/h6-7,10-11H,8-9,15H2,1-5H3. The molecule has 0 bridgehead atoms. The van der Waals surface area contributed by atoms with Crippen LogP contribution in [0.2, 0.25) is 0 Å². The molecule has 0 spiro atoms. The highest BCUT2D eigenvalue weighted by Crippen LogP contribution is 2.22. The third-order valence-electron chi connectivity index (χ3n) is 3.61. The highest BCUT2D eigenvalue weighted by Gasteiger charge is 2.23. The second kappa shape index (κ2) is 5.57. The first-order valence-corrected chi connectivity index (χ1v) is 6.38. The first-order valence-electron chi connectivity index (χ1n) is 6.38. The van der Waals surface area contributed by atoms with E-state index in [1.54, 1.807) is 16.8 Å². The van der Waals surface area contributed by atoms with E-state index in [0.29, 0.717) is 18.3 Å². The van der Waals surface area contributed by atoms with E-state index in [-0.39, 0.29) is 11.0 Å². The topological polar surface area (TPSA) is 51.3 Å². The molecule has 0 aliphatic carbocycles. The minimum atomic E-state index is 0.000937. The molecule has 1 aromatic rings. The average molecular weight is 251 g/mol. The van der Waals surface area contributed by atoms with Crippen molar-refractivity contribution < 1.29 is 0 Å². The van der Waals surface area contributed by atoms with Crippen LogP contribution in [0.1, 0.15) is 27.7 Å². The first-order chi connectivity index (χ1) is 8.21. The molecule has 1 aromatic heterocycles. The molecule has 1 heterocycles. The lowest BCUT2D eigenvalue weighted by atomic mass is 9.87. The average Bonchev–Trinajstić information content (AvgIpc) is 2.27. The van der Waals surface area contributed by atoms with E-state index in [1.165, 1.54) is 6.07 Å². The summed E-state index contributed by atoms with van der Waals surface area (Å²) in [5.74, 6) is 0. The van der Waals surface area contributed by atoms with Crippen LogP contribution in [0.4, 0.5) is 5.69 Å². The molecular formula is C14H25N3O. The molecule has 0 saturated carbocycles. The van der Waals surface area contributed by atoms with E-state index < -0.39 is 0 Å². The van der Waals surface area contributed by atoms with Crippen molar-refractivity contribution in [3.8, 4) is 0 Å². The van der Waals surface area contributed by atoms with Gasteiger partial charge in [0.2, 0.25) is 0 Å². The van der Waals surface area contributed by atoms with Crippen LogP contribution < -0.4 is 11.3 Å². The van der Waals surface area contributed by atoms with Crippen molar-refractivity contribution in [3.63, 3.8) is 0 Å². The Hall–Kier alpha value is -1.29. The number of rotatable bonds is 4. The largest absolute Gasteiger partial charge is 0.398 e. The van der Waals surface area contributed by atoms with Gasteiger partial charge < -0.3 is 15.2 Å². The van der Waals surface area contributed by atoms with Crippen molar-refractivity contribution in [2.45, 2.75) is 40.3 Å². The summed E-state index contributed by atoms with van der Waals surface area (Å²) in [5, 5.41) is 0. The van der Waals surface area contributed by atoms with Crippen LogP contribution in [0.5, 0.6) is 0 Å². The number of nitrogens with two attached hydrogens (primary N) is 1. The Labute approximate surface area is 109 Å². The maximum atomic E-state index is 11.6. The molecule has 102 valence electrons. The van der Waals surface area contributed by atoms with Crippen molar-refractivity contribution in [2.24, 2.45) is 5.41 Å². The Kier molecular flexibility index (Phi) is 4.57. The van der Waals surface area contributed by atoms with E-state index in [4.69, 9.17) is 5.73 Å². The van der Waals surface area contributed by atoms with Crippen molar-refractivity contribution in [1.82, 2.24) is 9.47 Å². The summed E-state index contributed by atoms with van der Waals surface area (Å²) in [6.45, 7) is 10.4. The lowest BCUT2D eigenvalue weighted by molar-refractivity contribution is 0.136. The van der Waals surface area contributed by atoms with Gasteiger partial charge in [-0.15, -0.1) is 0 Å². The molecule has 0 aliphatic rings. The number of hydrogen-bond acceptors (Lipinski definition) is 3. The van der Waals surface area contributed by atoms with Crippen molar-refractivity contribution >= 4 is 5.69 Å². The Balaban J connectivity index is 2.65. The minimum Gasteiger partial charge on any atom is -0.398 e. The summed E-state index contributed by atoms with van der Waals surface area (Å²) in [6.07, 6.45) is 1.71. The van der Waals surface area contributed by atoms with Gasteiger partial charge in [-0.25, -0.2) is 0 Å². The van der Waals surface area contributed by atoms with Gasteiger partial charge in [-0.2, -0.15) is 0 Å². The molecule has 1 unspecified atom stereocenters. The Morgan fingerprint density at radius 2 is 2.00 bits per heavy atom. The van der Waals surface area contributed by atoms with Gasteiger partial charge in [-0.1, -0.05) is 20.8 Å². The number of hydrogen-bond donors (Lipinski definition) is 1. The number of nitrogen functional groups attached to an aromatic ring is 1. The van der Waals surface area contributed by atoms with Crippen molar-refractivity contribution in [1.29, 1.82) is 0 Å². The maximum absolute atomic E-state index is 11.6. The summed E-state index contributed by atoms with van der Waals surface area (Å²) in [4.78, 5) is 13.9. The molecule has 4 nitrogen and oxygen atoms in total. The molecule has 0 amide bonds. The fourth-order valence-electron chi connectivity index (χ4n) is 1.84. The lowest BCUT2D eigenvalue weighted by Gasteiger charge is -2.35. The molecule has 0 saturated heterocycles. The van der Waals surface area contributed by atoms with Crippen molar-refractivity contribution in [3.05, 3.63) is 28.7 Å². The van der Waals surface area contributed by atoms with Crippen LogP contribution >= 0.6 is 0 Å². The molecule has 1 rings (SSSR count). The molecular weight excluding hydrogens is 226 g/mol. The quantitative estimate of drug-likeness (QED) is 0.887. The van der Waals surface area contributed by atoms with Crippen LogP contribution in [0.3, 0.4) is 0 Å². The van der Waals surface area contributed by atoms with E-state index in [2.05, 4.69) is 39.6 Å². The molecule has 0 radical (unpaired) electrons. The molecule has 0 aromatic carbocycles. The zero-order valence-corrected chi connectivity index (χ0v) is 12.1. The van der Waals surface area contributed by atoms with E-state index in [9.17, 15) is 4.79 Å². The van der Waals surface area contributed by atoms with Crippen LogP contribution in [-0.2, 0) is 6.54 Å². The zero-order chi connectivity index (χ0) is 13.9. The second-order valence-corrected chi connectivity index (χ2v) is 6.02. The number of pyridine rings is 1. The van der Waals surface area contributed by atoms with Crippen LogP contribution in [0, 0.1) is 5.41 Å². The van der Waals surface area contributed by atoms with Gasteiger partial charge in [-0.3, -0.25) is 4.79 Å². The predicted octanol–water partition coefficient (Wildman–Crippen LogP) is 1.80. The monoisotopic (exact) mass is 251 g/mol. The summed E-state index contributed by atoms with van der Waals surface area (Å²) < 4.78 is 1.67. The van der Waals surface area contributed by atoms with Crippen LogP contribution in [0.25, 0.3) is 0 Å². The fraction of sp³-hybridized carbons (Fsp3) is 0.643. The normalized spacial score (nSPS) is 13.9. The number of anilines is 1. The molecule has 0 aliphatic heterocycles. The second-order valence-electron chi connectivity index (χ2n) is 6.02. The summed E-state index contributed by atoms with van der Waals surface area (Å²) in [5.41, 5.74) is 6.55. The molecule has 1 atom stereocenters. The van der Waals surface area contributed by atoms with Gasteiger partial charge in [-0.05, 0) is 25.5 Å². The van der Waals surface area contributed by atoms with Gasteiger partial charge in [0.15, 0.2) is 0 Å². The van der Waals surface area contributed by atoms with Gasteiger partial charge in [0.25, 0.3) is 5.56 Å². The molecule has 0 fully saturated rings. The predicted molar refractivity (Wildman–Crippen MR) is 76.7 cm³/mol. The highest BCUT2D eigenvalue weighted by molar-refractivity contribution is 5.33. The Morgan fingerprint density at radius 1 is 1.39 bits per heavy atom. The zero-order valence-electron chi connectivity index (χ0n) is 12.1. The summed E-state index contributed by atoms with van der Waals surface area (Å²) in [7, 11) is 2.09. The van der Waals surface area contributed by atoms with E-state index >= 15 is 0 Å². The first kappa shape index (κ1) is 14.8. The van der Waals surface area contributed by atoms with Gasteiger partial charge in [0.05, 0.1) is 0 Å². The third-order valence-corrected chi connectivity index (χ3v) is 3.61. The maximum Gasteiger partial charge on any atom is 0.250 e. The number of nitrogens with zero attached hydrogens (tertiary/aromatic N) is 2. The third kappa shape index (κ3) is 3.88. The van der Waals surface area contributed by atoms with Gasteiger partial charge in [0.1, 0.15) is 0 Å². The van der Waals surface area contributed by atoms with Crippen LogP contribution in [0.15, 0.2) is 23.1 Å². The van der Waals surface area contributed by atoms with Gasteiger partial charge >= 0.3 is 0 Å². The molecule has 4 heteroatoms. The number of aromatic nitrogens is 1. The van der Waals surface area contributed by atoms with E-state index in [0.717, 1.165) is 6.54 Å². The summed E-state index contributed by atoms with van der Waals surface area (Å²) >= 11 is 0. The van der Waals surface area contributed by atoms with E-state index in [1.807, 2.05) is 0 Å². The van der Waals surface area contributed by atoms with Crippen LogP contribution in [-0.4, -0.2) is 29.1 Å². The SMILES string of the molecule is CC(N(C)CCn1cc(N)ccc1=O)C(C)(C)C.